The van der Waals surface area contributed by atoms with Crippen LogP contribution in [0.4, 0.5) is 0 Å². The van der Waals surface area contributed by atoms with Gasteiger partial charge in [0.15, 0.2) is 23.0 Å². The Morgan fingerprint density at radius 2 is 1.56 bits per heavy atom. The zero-order valence-corrected chi connectivity index (χ0v) is 23.7. The normalized spacial score (nSPS) is 25.7. The number of fused-ring (bicyclic) bond motifs is 3. The number of hydrogen-bond donors (Lipinski definition) is 2. The van der Waals surface area contributed by atoms with Gasteiger partial charge in [0, 0.05) is 11.8 Å². The van der Waals surface area contributed by atoms with Crippen LogP contribution in [0.1, 0.15) is 42.0 Å². The highest BCUT2D eigenvalue weighted by Crippen LogP contribution is 2.63. The summed E-state index contributed by atoms with van der Waals surface area (Å²) in [5.74, 6) is -0.954. The molecule has 41 heavy (non-hydrogen) atoms. The Labute approximate surface area is 238 Å². The molecule has 2 heterocycles. The minimum absolute atomic E-state index is 0.0214. The van der Waals surface area contributed by atoms with Gasteiger partial charge in [0.05, 0.1) is 33.9 Å². The Bertz CT molecular complexity index is 1460. The molecule has 5 atom stereocenters. The fourth-order valence-corrected chi connectivity index (χ4v) is 7.06. The lowest BCUT2D eigenvalue weighted by molar-refractivity contribution is -0.227. The van der Waals surface area contributed by atoms with E-state index in [1.807, 2.05) is 32.0 Å². The number of carbonyl (C=O) groups is 1. The smallest absolute Gasteiger partial charge is 0.310 e. The Morgan fingerprint density at radius 1 is 0.927 bits per heavy atom. The van der Waals surface area contributed by atoms with Crippen LogP contribution < -0.4 is 23.7 Å². The van der Waals surface area contributed by atoms with Gasteiger partial charge >= 0.3 is 5.97 Å². The van der Waals surface area contributed by atoms with E-state index in [9.17, 15) is 15.0 Å². The summed E-state index contributed by atoms with van der Waals surface area (Å²) in [6.45, 7) is 3.66. The van der Waals surface area contributed by atoms with Gasteiger partial charge in [-0.05, 0) is 52.4 Å². The molecule has 0 aromatic heterocycles. The minimum Gasteiger partial charge on any atom is -0.493 e. The topological polar surface area (TPSA) is 113 Å². The van der Waals surface area contributed by atoms with Crippen LogP contribution in [0.25, 0.3) is 0 Å². The maximum atomic E-state index is 13.6. The summed E-state index contributed by atoms with van der Waals surface area (Å²) in [7, 11) is 4.58. The Balaban J connectivity index is 1.68. The largest absolute Gasteiger partial charge is 0.493 e. The average Bonchev–Trinajstić information content (AvgIpc) is 3.62. The van der Waals surface area contributed by atoms with E-state index in [1.165, 1.54) is 21.3 Å². The molecule has 0 spiro atoms. The number of cyclic esters (lactones) is 1. The van der Waals surface area contributed by atoms with Crippen molar-refractivity contribution in [3.05, 3.63) is 76.9 Å². The maximum Gasteiger partial charge on any atom is 0.310 e. The number of ether oxygens (including phenoxy) is 6. The van der Waals surface area contributed by atoms with Gasteiger partial charge in [-0.25, -0.2) is 0 Å². The minimum atomic E-state index is -1.94. The fraction of sp³-hybridized carbons (Fsp3) is 0.406. The summed E-state index contributed by atoms with van der Waals surface area (Å²) in [4.78, 5) is 13.6. The van der Waals surface area contributed by atoms with Gasteiger partial charge in [-0.15, -0.1) is 0 Å². The van der Waals surface area contributed by atoms with Gasteiger partial charge in [0.2, 0.25) is 12.5 Å². The second kappa shape index (κ2) is 9.85. The third kappa shape index (κ3) is 3.72. The molecule has 9 nitrogen and oxygen atoms in total. The summed E-state index contributed by atoms with van der Waals surface area (Å²) >= 11 is 0. The van der Waals surface area contributed by atoms with E-state index >= 15 is 0 Å². The van der Waals surface area contributed by atoms with Crippen LogP contribution >= 0.6 is 0 Å². The number of aliphatic hydroxyl groups is 2. The third-order valence-electron chi connectivity index (χ3n) is 8.97. The maximum absolute atomic E-state index is 13.6. The highest BCUT2D eigenvalue weighted by Gasteiger charge is 2.67. The van der Waals surface area contributed by atoms with Crippen molar-refractivity contribution < 1.29 is 43.4 Å². The molecule has 216 valence electrons. The van der Waals surface area contributed by atoms with Crippen LogP contribution in [-0.2, 0) is 20.7 Å². The van der Waals surface area contributed by atoms with Crippen LogP contribution in [-0.4, -0.2) is 50.9 Å². The van der Waals surface area contributed by atoms with Crippen molar-refractivity contribution in [2.75, 3.05) is 34.7 Å². The van der Waals surface area contributed by atoms with E-state index in [4.69, 9.17) is 28.4 Å². The molecule has 0 bridgehead atoms. The first-order chi connectivity index (χ1) is 19.7. The molecule has 1 saturated heterocycles. The first-order valence-electron chi connectivity index (χ1n) is 13.6. The Morgan fingerprint density at radius 3 is 2.15 bits per heavy atom. The van der Waals surface area contributed by atoms with Crippen molar-refractivity contribution in [2.24, 2.45) is 17.8 Å². The molecule has 0 unspecified atom stereocenters. The van der Waals surface area contributed by atoms with Crippen molar-refractivity contribution in [2.45, 2.75) is 31.0 Å². The van der Waals surface area contributed by atoms with E-state index < -0.39 is 40.8 Å². The second-order valence-electron chi connectivity index (χ2n) is 11.0. The summed E-state index contributed by atoms with van der Waals surface area (Å²) in [5.41, 5.74) is -1.45. The summed E-state index contributed by atoms with van der Waals surface area (Å²) in [6.07, 6.45) is 0. The molecule has 3 aromatic carbocycles. The summed E-state index contributed by atoms with van der Waals surface area (Å²) in [6, 6.07) is 16.2. The number of hydrogen-bond acceptors (Lipinski definition) is 9. The van der Waals surface area contributed by atoms with Crippen LogP contribution in [0.5, 0.6) is 28.7 Å². The number of carbonyl (C=O) groups excluding carboxylic acids is 1. The number of esters is 1. The van der Waals surface area contributed by atoms with Gasteiger partial charge < -0.3 is 38.6 Å². The lowest BCUT2D eigenvalue weighted by atomic mass is 9.53. The third-order valence-corrected chi connectivity index (χ3v) is 8.97. The van der Waals surface area contributed by atoms with Gasteiger partial charge in [-0.2, -0.15) is 0 Å². The van der Waals surface area contributed by atoms with Crippen LogP contribution in [0, 0.1) is 17.8 Å². The zero-order valence-electron chi connectivity index (χ0n) is 23.7. The highest BCUT2D eigenvalue weighted by molar-refractivity contribution is 5.79. The first kappa shape index (κ1) is 27.2. The number of rotatable bonds is 7. The molecule has 3 aromatic rings. The van der Waals surface area contributed by atoms with Crippen LogP contribution in [0.15, 0.2) is 54.6 Å². The van der Waals surface area contributed by atoms with Crippen molar-refractivity contribution in [3.63, 3.8) is 0 Å². The molecular weight excluding hydrogens is 528 g/mol. The van der Waals surface area contributed by atoms with Crippen molar-refractivity contribution in [1.29, 1.82) is 0 Å². The van der Waals surface area contributed by atoms with Gasteiger partial charge in [-0.1, -0.05) is 44.2 Å². The molecule has 0 amide bonds. The summed E-state index contributed by atoms with van der Waals surface area (Å²) in [5, 5.41) is 25.8. The Kier molecular flexibility index (Phi) is 6.54. The van der Waals surface area contributed by atoms with Crippen molar-refractivity contribution >= 4 is 5.97 Å². The molecule has 0 radical (unpaired) electrons. The Hall–Kier alpha value is -3.95. The molecular formula is C32H34O9. The van der Waals surface area contributed by atoms with Crippen molar-refractivity contribution in [3.8, 4) is 28.7 Å². The van der Waals surface area contributed by atoms with E-state index in [-0.39, 0.29) is 13.4 Å². The molecule has 1 fully saturated rings. The van der Waals surface area contributed by atoms with Crippen LogP contribution in [0.3, 0.4) is 0 Å². The molecule has 6 rings (SSSR count). The van der Waals surface area contributed by atoms with Gasteiger partial charge in [-0.3, -0.25) is 4.79 Å². The fourth-order valence-electron chi connectivity index (χ4n) is 7.06. The first-order valence-corrected chi connectivity index (χ1v) is 13.6. The van der Waals surface area contributed by atoms with E-state index in [0.29, 0.717) is 51.0 Å². The molecule has 1 aliphatic carbocycles. The lowest BCUT2D eigenvalue weighted by Gasteiger charge is -2.54. The van der Waals surface area contributed by atoms with Gasteiger partial charge in [0.1, 0.15) is 11.2 Å². The van der Waals surface area contributed by atoms with Crippen LogP contribution in [0.2, 0.25) is 0 Å². The predicted octanol–water partition coefficient (Wildman–Crippen LogP) is 4.11. The van der Waals surface area contributed by atoms with Crippen molar-refractivity contribution in [1.82, 2.24) is 0 Å². The average molecular weight is 563 g/mol. The molecule has 0 saturated carbocycles. The van der Waals surface area contributed by atoms with E-state index in [0.717, 1.165) is 0 Å². The molecule has 2 aliphatic heterocycles. The number of methoxy groups -OCH3 is 3. The number of benzene rings is 3. The predicted molar refractivity (Wildman–Crippen MR) is 148 cm³/mol. The zero-order chi connectivity index (χ0) is 29.1. The highest BCUT2D eigenvalue weighted by atomic mass is 16.7. The summed E-state index contributed by atoms with van der Waals surface area (Å²) < 4.78 is 34.0. The molecule has 9 heteroatoms. The van der Waals surface area contributed by atoms with Gasteiger partial charge in [0.25, 0.3) is 0 Å². The van der Waals surface area contributed by atoms with E-state index in [2.05, 4.69) is 0 Å². The quantitative estimate of drug-likeness (QED) is 0.411. The standard InChI is InChI=1S/C32H34O9/c1-17(2)31(34,19-9-7-6-8-10-19)32(35)21-14-24-23(40-16-41-24)13-20(21)27(28-22(32)15-39-30(28)33)18-11-25(36-3)29(38-5)26(12-18)37-4/h6-14,17,22,27-28,34-35H,15-16H2,1-5H3/t22-,27+,28-,31-,32+/m0/s1. The monoisotopic (exact) mass is 562 g/mol. The second-order valence-corrected chi connectivity index (χ2v) is 11.0. The lowest BCUT2D eigenvalue weighted by Crippen LogP contribution is -2.61. The molecule has 2 N–H and O–H groups in total. The van der Waals surface area contributed by atoms with E-state index in [1.54, 1.807) is 36.4 Å². The molecule has 3 aliphatic rings. The SMILES string of the molecule is COc1cc([C@@H]2c3cc4c(cc3[C@](O)([C@@](O)(c3ccccc3)C(C)C)[C@H]3COC(=O)[C@H]23)OCO4)cc(OC)c1OC.